The van der Waals surface area contributed by atoms with Gasteiger partial charge in [0.2, 0.25) is 5.95 Å². The molecule has 3 rings (SSSR count). The minimum absolute atomic E-state index is 0.0460. The summed E-state index contributed by atoms with van der Waals surface area (Å²) in [5, 5.41) is 10.7. The molecule has 8 heteroatoms. The highest BCUT2D eigenvalue weighted by molar-refractivity contribution is 7.99. The molecule has 1 aliphatic rings. The number of morpholine rings is 1. The number of anilines is 1. The average molecular weight is 405 g/mol. The maximum absolute atomic E-state index is 5.47. The van der Waals surface area contributed by atoms with E-state index in [9.17, 15) is 0 Å². The normalized spacial score (nSPS) is 15.9. The summed E-state index contributed by atoms with van der Waals surface area (Å²) in [5.41, 5.74) is 0.884. The number of rotatable bonds is 4. The van der Waals surface area contributed by atoms with Crippen LogP contribution < -0.4 is 4.90 Å². The summed E-state index contributed by atoms with van der Waals surface area (Å²) in [7, 11) is 0. The van der Waals surface area contributed by atoms with E-state index in [0.29, 0.717) is 0 Å². The maximum atomic E-state index is 5.47. The topological polar surface area (TPSA) is 69.0 Å². The average Bonchev–Trinajstić information content (AvgIpc) is 3.03. The van der Waals surface area contributed by atoms with Crippen molar-refractivity contribution < 1.29 is 4.74 Å². The van der Waals surface area contributed by atoms with Gasteiger partial charge in [0.05, 0.1) is 18.9 Å². The summed E-state index contributed by atoms with van der Waals surface area (Å²) >= 11 is 1.56. The third-order valence-electron chi connectivity index (χ3n) is 4.65. The molecule has 3 heterocycles. The van der Waals surface area contributed by atoms with Gasteiger partial charge in [-0.15, -0.1) is 10.2 Å². The zero-order valence-corrected chi connectivity index (χ0v) is 18.9. The molecule has 0 aliphatic carbocycles. The number of aromatic nitrogens is 5. The SMILES string of the molecule is CCn1c(Sc2cc(C(C)(C)C)nc(C(C)(C)C)n2)nnc1N1CCOCC1. The lowest BCUT2D eigenvalue weighted by atomic mass is 9.90. The van der Waals surface area contributed by atoms with Crippen LogP contribution in [0.5, 0.6) is 0 Å². The van der Waals surface area contributed by atoms with E-state index in [4.69, 9.17) is 14.7 Å². The highest BCUT2D eigenvalue weighted by Gasteiger charge is 2.25. The number of hydrogen-bond donors (Lipinski definition) is 0. The standard InChI is InChI=1S/C20H32N6OS/c1-8-26-17(25-9-11-27-12-10-25)23-24-18(26)28-15-13-14(19(2,3)4)21-16(22-15)20(5,6)7/h13H,8-12H2,1-7H3. The Bertz CT molecular complexity index is 783. The third kappa shape index (κ3) is 4.66. The van der Waals surface area contributed by atoms with E-state index in [1.807, 2.05) is 0 Å². The highest BCUT2D eigenvalue weighted by Crippen LogP contribution is 2.32. The molecule has 0 radical (unpaired) electrons. The lowest BCUT2D eigenvalue weighted by molar-refractivity contribution is 0.121. The van der Waals surface area contributed by atoms with Gasteiger partial charge in [0.15, 0.2) is 5.16 Å². The zero-order valence-electron chi connectivity index (χ0n) is 18.1. The van der Waals surface area contributed by atoms with Gasteiger partial charge in [-0.25, -0.2) is 9.97 Å². The Morgan fingerprint density at radius 2 is 1.68 bits per heavy atom. The molecule has 0 saturated carbocycles. The smallest absolute Gasteiger partial charge is 0.228 e. The second-order valence-corrected chi connectivity index (χ2v) is 10.1. The number of ether oxygens (including phenoxy) is 1. The van der Waals surface area contributed by atoms with E-state index in [1.54, 1.807) is 11.8 Å². The van der Waals surface area contributed by atoms with Crippen LogP contribution in [-0.4, -0.2) is 51.0 Å². The zero-order chi connectivity index (χ0) is 20.5. The minimum Gasteiger partial charge on any atom is -0.378 e. The molecule has 154 valence electrons. The van der Waals surface area contributed by atoms with Crippen LogP contribution in [-0.2, 0) is 22.1 Å². The molecule has 7 nitrogen and oxygen atoms in total. The van der Waals surface area contributed by atoms with Crippen LogP contribution in [0.15, 0.2) is 16.2 Å². The van der Waals surface area contributed by atoms with Crippen LogP contribution in [0.4, 0.5) is 5.95 Å². The predicted octanol–water partition coefficient (Wildman–Crippen LogP) is 3.67. The summed E-state index contributed by atoms with van der Waals surface area (Å²) in [6.45, 7) is 19.1. The van der Waals surface area contributed by atoms with Gasteiger partial charge in [-0.3, -0.25) is 4.57 Å². The summed E-state index contributed by atoms with van der Waals surface area (Å²) < 4.78 is 7.62. The molecule has 0 bridgehead atoms. The molecular weight excluding hydrogens is 372 g/mol. The third-order valence-corrected chi connectivity index (χ3v) is 5.55. The van der Waals surface area contributed by atoms with Crippen molar-refractivity contribution in [3.05, 3.63) is 17.6 Å². The Kier molecular flexibility index (Phi) is 6.00. The Hall–Kier alpha value is -1.67. The molecule has 0 unspecified atom stereocenters. The van der Waals surface area contributed by atoms with E-state index < -0.39 is 0 Å². The van der Waals surface area contributed by atoms with Crippen molar-refractivity contribution in [1.29, 1.82) is 0 Å². The predicted molar refractivity (Wildman–Crippen MR) is 112 cm³/mol. The van der Waals surface area contributed by atoms with Crippen LogP contribution in [0.3, 0.4) is 0 Å². The van der Waals surface area contributed by atoms with E-state index in [1.165, 1.54) is 0 Å². The molecule has 1 fully saturated rings. The molecule has 0 amide bonds. The van der Waals surface area contributed by atoms with Gasteiger partial charge in [-0.2, -0.15) is 0 Å². The van der Waals surface area contributed by atoms with Gasteiger partial charge in [-0.1, -0.05) is 41.5 Å². The Labute approximate surface area is 172 Å². The summed E-state index contributed by atoms with van der Waals surface area (Å²) in [6, 6.07) is 2.09. The van der Waals surface area contributed by atoms with Crippen molar-refractivity contribution in [3.63, 3.8) is 0 Å². The summed E-state index contributed by atoms with van der Waals surface area (Å²) in [5.74, 6) is 1.77. The molecule has 28 heavy (non-hydrogen) atoms. The molecule has 1 aliphatic heterocycles. The van der Waals surface area contributed by atoms with Crippen molar-refractivity contribution in [1.82, 2.24) is 24.7 Å². The second-order valence-electron chi connectivity index (χ2n) is 9.14. The van der Waals surface area contributed by atoms with Crippen molar-refractivity contribution in [2.75, 3.05) is 31.2 Å². The minimum atomic E-state index is -0.117. The first-order valence-electron chi connectivity index (χ1n) is 9.93. The second kappa shape index (κ2) is 7.99. The fraction of sp³-hybridized carbons (Fsp3) is 0.700. The first kappa shape index (κ1) is 21.0. The van der Waals surface area contributed by atoms with Crippen molar-refractivity contribution in [2.24, 2.45) is 0 Å². The molecule has 0 atom stereocenters. The molecule has 0 aromatic carbocycles. The van der Waals surface area contributed by atoms with E-state index in [0.717, 1.165) is 60.5 Å². The van der Waals surface area contributed by atoms with Crippen LogP contribution in [0, 0.1) is 0 Å². The van der Waals surface area contributed by atoms with Crippen LogP contribution in [0.2, 0.25) is 0 Å². The highest BCUT2D eigenvalue weighted by atomic mass is 32.2. The Morgan fingerprint density at radius 3 is 2.25 bits per heavy atom. The monoisotopic (exact) mass is 404 g/mol. The fourth-order valence-electron chi connectivity index (χ4n) is 2.92. The lowest BCUT2D eigenvalue weighted by Crippen LogP contribution is -2.38. The first-order chi connectivity index (χ1) is 13.1. The first-order valence-corrected chi connectivity index (χ1v) is 10.7. The van der Waals surface area contributed by atoms with Crippen LogP contribution >= 0.6 is 11.8 Å². The van der Waals surface area contributed by atoms with Gasteiger partial charge in [0.1, 0.15) is 10.9 Å². The number of hydrogen-bond acceptors (Lipinski definition) is 7. The van der Waals surface area contributed by atoms with Gasteiger partial charge in [0.25, 0.3) is 0 Å². The largest absolute Gasteiger partial charge is 0.378 e. The van der Waals surface area contributed by atoms with Crippen molar-refractivity contribution in [3.8, 4) is 0 Å². The quantitative estimate of drug-likeness (QED) is 0.720. The fourth-order valence-corrected chi connectivity index (χ4v) is 3.81. The molecule has 2 aromatic heterocycles. The summed E-state index contributed by atoms with van der Waals surface area (Å²) in [4.78, 5) is 11.9. The van der Waals surface area contributed by atoms with E-state index in [2.05, 4.69) is 74.2 Å². The molecule has 0 N–H and O–H groups in total. The van der Waals surface area contributed by atoms with Crippen molar-refractivity contribution in [2.45, 2.75) is 76.0 Å². The van der Waals surface area contributed by atoms with Crippen LogP contribution in [0.25, 0.3) is 0 Å². The van der Waals surface area contributed by atoms with Gasteiger partial charge >= 0.3 is 0 Å². The Balaban J connectivity index is 1.96. The van der Waals surface area contributed by atoms with Gasteiger partial charge < -0.3 is 9.64 Å². The Morgan fingerprint density at radius 1 is 1.00 bits per heavy atom. The molecular formula is C20H32N6OS. The van der Waals surface area contributed by atoms with Gasteiger partial charge in [-0.05, 0) is 24.8 Å². The number of nitrogens with zero attached hydrogens (tertiary/aromatic N) is 6. The van der Waals surface area contributed by atoms with E-state index >= 15 is 0 Å². The molecule has 1 saturated heterocycles. The molecule has 2 aromatic rings. The van der Waals surface area contributed by atoms with Crippen molar-refractivity contribution >= 4 is 17.7 Å². The summed E-state index contributed by atoms with van der Waals surface area (Å²) in [6.07, 6.45) is 0. The molecule has 0 spiro atoms. The van der Waals surface area contributed by atoms with Gasteiger partial charge in [0, 0.05) is 30.5 Å². The van der Waals surface area contributed by atoms with E-state index in [-0.39, 0.29) is 10.8 Å². The lowest BCUT2D eigenvalue weighted by Gasteiger charge is -2.27. The van der Waals surface area contributed by atoms with Crippen LogP contribution in [0.1, 0.15) is 60.0 Å². The maximum Gasteiger partial charge on any atom is 0.228 e.